The zero-order valence-electron chi connectivity index (χ0n) is 11.7. The van der Waals surface area contributed by atoms with Crippen molar-refractivity contribution in [2.75, 3.05) is 17.6 Å². The molecule has 0 aromatic carbocycles. The van der Waals surface area contributed by atoms with Crippen LogP contribution in [0.25, 0.3) is 0 Å². The third kappa shape index (κ3) is 4.14. The predicted molar refractivity (Wildman–Crippen MR) is 74.7 cm³/mol. The van der Waals surface area contributed by atoms with E-state index in [1.165, 1.54) is 0 Å². The Kier molecular flexibility index (Phi) is 5.34. The molecule has 1 rings (SSSR count). The van der Waals surface area contributed by atoms with Crippen LogP contribution in [0.15, 0.2) is 0 Å². The van der Waals surface area contributed by atoms with Gasteiger partial charge >= 0.3 is 0 Å². The van der Waals surface area contributed by atoms with Crippen molar-refractivity contribution in [2.45, 2.75) is 52.6 Å². The molecule has 1 atom stereocenters. The van der Waals surface area contributed by atoms with E-state index in [0.29, 0.717) is 5.82 Å². The second kappa shape index (κ2) is 6.54. The molecule has 0 amide bonds. The summed E-state index contributed by atoms with van der Waals surface area (Å²) in [5.74, 6) is 2.35. The smallest absolute Gasteiger partial charge is 0.135 e. The van der Waals surface area contributed by atoms with Gasteiger partial charge in [0, 0.05) is 18.0 Å². The second-order valence-corrected chi connectivity index (χ2v) is 5.01. The van der Waals surface area contributed by atoms with Crippen LogP contribution in [0, 0.1) is 6.92 Å². The Hall–Kier alpha value is -1.36. The van der Waals surface area contributed by atoms with Crippen molar-refractivity contribution >= 4 is 11.6 Å². The van der Waals surface area contributed by atoms with Crippen molar-refractivity contribution in [3.8, 4) is 0 Å². The third-order valence-corrected chi connectivity index (χ3v) is 2.81. The molecular formula is C13H24N4O. The van der Waals surface area contributed by atoms with Gasteiger partial charge in [-0.15, -0.1) is 0 Å². The Morgan fingerprint density at radius 3 is 2.50 bits per heavy atom. The number of nitrogens with two attached hydrogens (primary N) is 1. The molecule has 0 aliphatic heterocycles. The number of hydrogen-bond donors (Lipinski definition) is 3. The first-order chi connectivity index (χ1) is 8.41. The van der Waals surface area contributed by atoms with Crippen LogP contribution in [-0.2, 0) is 0 Å². The number of rotatable bonds is 6. The first-order valence-corrected chi connectivity index (χ1v) is 6.47. The van der Waals surface area contributed by atoms with Crippen LogP contribution in [0.5, 0.6) is 0 Å². The zero-order valence-corrected chi connectivity index (χ0v) is 11.7. The molecule has 1 heterocycles. The van der Waals surface area contributed by atoms with Crippen LogP contribution in [0.3, 0.4) is 0 Å². The van der Waals surface area contributed by atoms with Gasteiger partial charge in [-0.2, -0.15) is 0 Å². The molecule has 0 saturated heterocycles. The van der Waals surface area contributed by atoms with Gasteiger partial charge < -0.3 is 16.2 Å². The molecule has 0 spiro atoms. The Morgan fingerprint density at radius 2 is 1.94 bits per heavy atom. The lowest BCUT2D eigenvalue weighted by Gasteiger charge is -2.13. The predicted octanol–water partition coefficient (Wildman–Crippen LogP) is 2.06. The van der Waals surface area contributed by atoms with Crippen molar-refractivity contribution in [2.24, 2.45) is 0 Å². The highest BCUT2D eigenvalue weighted by molar-refractivity contribution is 5.54. The molecule has 1 unspecified atom stereocenters. The maximum Gasteiger partial charge on any atom is 0.135 e. The molecule has 102 valence electrons. The minimum absolute atomic E-state index is 0.255. The number of nitrogens with zero attached hydrogens (tertiary/aromatic N) is 2. The monoisotopic (exact) mass is 252 g/mol. The molecule has 0 radical (unpaired) electrons. The topological polar surface area (TPSA) is 84.1 Å². The lowest BCUT2D eigenvalue weighted by molar-refractivity contribution is 0.183. The lowest BCUT2D eigenvalue weighted by Crippen LogP contribution is -2.12. The molecule has 1 aromatic rings. The fourth-order valence-electron chi connectivity index (χ4n) is 1.59. The van der Waals surface area contributed by atoms with E-state index in [1.54, 1.807) is 6.92 Å². The fraction of sp³-hybridized carbons (Fsp3) is 0.692. The highest BCUT2D eigenvalue weighted by atomic mass is 16.3. The Morgan fingerprint density at radius 1 is 1.28 bits per heavy atom. The van der Waals surface area contributed by atoms with Gasteiger partial charge in [0.2, 0.25) is 0 Å². The molecular weight excluding hydrogens is 228 g/mol. The van der Waals surface area contributed by atoms with Gasteiger partial charge in [0.15, 0.2) is 0 Å². The first kappa shape index (κ1) is 14.7. The van der Waals surface area contributed by atoms with Crippen LogP contribution >= 0.6 is 0 Å². The number of aromatic nitrogens is 2. The van der Waals surface area contributed by atoms with Crippen LogP contribution in [0.1, 0.15) is 50.9 Å². The summed E-state index contributed by atoms with van der Waals surface area (Å²) in [5.41, 5.74) is 6.77. The van der Waals surface area contributed by atoms with E-state index in [9.17, 15) is 5.11 Å². The molecule has 5 nitrogen and oxygen atoms in total. The summed E-state index contributed by atoms with van der Waals surface area (Å²) >= 11 is 0. The van der Waals surface area contributed by atoms with Gasteiger partial charge in [0.05, 0.1) is 6.10 Å². The van der Waals surface area contributed by atoms with E-state index in [4.69, 9.17) is 5.73 Å². The first-order valence-electron chi connectivity index (χ1n) is 6.47. The minimum Gasteiger partial charge on any atom is -0.393 e. The molecule has 1 aromatic heterocycles. The molecule has 0 bridgehead atoms. The Bertz CT molecular complexity index is 391. The van der Waals surface area contributed by atoms with E-state index in [2.05, 4.69) is 15.3 Å². The van der Waals surface area contributed by atoms with E-state index in [0.717, 1.165) is 36.6 Å². The van der Waals surface area contributed by atoms with Crippen LogP contribution < -0.4 is 11.1 Å². The van der Waals surface area contributed by atoms with E-state index in [-0.39, 0.29) is 12.0 Å². The normalized spacial score (nSPS) is 12.8. The van der Waals surface area contributed by atoms with Gasteiger partial charge in [-0.25, -0.2) is 9.97 Å². The van der Waals surface area contributed by atoms with Crippen molar-refractivity contribution in [3.05, 3.63) is 11.4 Å². The van der Waals surface area contributed by atoms with E-state index < -0.39 is 0 Å². The van der Waals surface area contributed by atoms with Crippen molar-refractivity contribution in [1.29, 1.82) is 0 Å². The highest BCUT2D eigenvalue weighted by Gasteiger charge is 2.10. The number of anilines is 2. The third-order valence-electron chi connectivity index (χ3n) is 2.81. The molecule has 0 aliphatic rings. The average Bonchev–Trinajstić information content (AvgIpc) is 2.28. The summed E-state index contributed by atoms with van der Waals surface area (Å²) < 4.78 is 0. The summed E-state index contributed by atoms with van der Waals surface area (Å²) in [7, 11) is 0. The van der Waals surface area contributed by atoms with Crippen LogP contribution in [0.2, 0.25) is 0 Å². The maximum atomic E-state index is 9.19. The number of nitrogens with one attached hydrogen (secondary N) is 1. The zero-order chi connectivity index (χ0) is 13.7. The van der Waals surface area contributed by atoms with Crippen molar-refractivity contribution in [3.63, 3.8) is 0 Å². The summed E-state index contributed by atoms with van der Waals surface area (Å²) in [4.78, 5) is 8.76. The molecule has 0 fully saturated rings. The SMILES string of the molecule is Cc1c(N)nc(C(C)C)nc1NCCCC(C)O. The minimum atomic E-state index is -0.255. The summed E-state index contributed by atoms with van der Waals surface area (Å²) in [6, 6.07) is 0. The summed E-state index contributed by atoms with van der Waals surface area (Å²) in [6.45, 7) is 8.57. The number of hydrogen-bond acceptors (Lipinski definition) is 5. The van der Waals surface area contributed by atoms with Gasteiger partial charge in [-0.1, -0.05) is 13.8 Å². The Balaban J connectivity index is 2.69. The average molecular weight is 252 g/mol. The fourth-order valence-corrected chi connectivity index (χ4v) is 1.59. The second-order valence-electron chi connectivity index (χ2n) is 5.01. The molecule has 5 heteroatoms. The van der Waals surface area contributed by atoms with Crippen molar-refractivity contribution < 1.29 is 5.11 Å². The summed E-state index contributed by atoms with van der Waals surface area (Å²) in [6.07, 6.45) is 1.43. The Labute approximate surface area is 109 Å². The number of nitrogen functional groups attached to an aromatic ring is 1. The molecule has 0 saturated carbocycles. The van der Waals surface area contributed by atoms with Crippen LogP contribution in [0.4, 0.5) is 11.6 Å². The van der Waals surface area contributed by atoms with Gasteiger partial charge in [-0.05, 0) is 26.7 Å². The van der Waals surface area contributed by atoms with Gasteiger partial charge in [0.1, 0.15) is 17.5 Å². The number of aliphatic hydroxyl groups is 1. The van der Waals surface area contributed by atoms with E-state index >= 15 is 0 Å². The molecule has 18 heavy (non-hydrogen) atoms. The number of aliphatic hydroxyl groups excluding tert-OH is 1. The maximum absolute atomic E-state index is 9.19. The van der Waals surface area contributed by atoms with Gasteiger partial charge in [0.25, 0.3) is 0 Å². The highest BCUT2D eigenvalue weighted by Crippen LogP contribution is 2.20. The standard InChI is InChI=1S/C13H24N4O/c1-8(2)12-16-11(14)10(4)13(17-12)15-7-5-6-9(3)18/h8-9,18H,5-7H2,1-4H3,(H3,14,15,16,17). The molecule has 4 N–H and O–H groups in total. The lowest BCUT2D eigenvalue weighted by atomic mass is 10.2. The van der Waals surface area contributed by atoms with Crippen LogP contribution in [-0.4, -0.2) is 27.7 Å². The van der Waals surface area contributed by atoms with Crippen molar-refractivity contribution in [1.82, 2.24) is 9.97 Å². The van der Waals surface area contributed by atoms with Gasteiger partial charge in [-0.3, -0.25) is 0 Å². The quantitative estimate of drug-likeness (QED) is 0.675. The van der Waals surface area contributed by atoms with E-state index in [1.807, 2.05) is 20.8 Å². The molecule has 0 aliphatic carbocycles. The summed E-state index contributed by atoms with van der Waals surface area (Å²) in [5, 5.41) is 12.5. The largest absolute Gasteiger partial charge is 0.393 e.